The first-order valence-electron chi connectivity index (χ1n) is 18.9. The van der Waals surface area contributed by atoms with E-state index in [0.29, 0.717) is 0 Å². The fourth-order valence-electron chi connectivity index (χ4n) is 7.31. The van der Waals surface area contributed by atoms with E-state index in [4.69, 9.17) is 0 Å². The van der Waals surface area contributed by atoms with Gasteiger partial charge in [-0.2, -0.15) is 0 Å². The molecule has 10 rings (SSSR count). The van der Waals surface area contributed by atoms with Crippen LogP contribution in [-0.2, 0) is 12.8 Å². The Kier molecular flexibility index (Phi) is 12.2. The Bertz CT molecular complexity index is 2190. The minimum Gasteiger partial charge on any atom is -0.0683 e. The Morgan fingerprint density at radius 1 is 0.280 bits per heavy atom. The van der Waals surface area contributed by atoms with Gasteiger partial charge in [0.25, 0.3) is 0 Å². The molecule has 0 saturated carbocycles. The Morgan fingerprint density at radius 3 is 0.940 bits per heavy atom. The quantitative estimate of drug-likeness (QED) is 0.153. The van der Waals surface area contributed by atoms with Crippen molar-refractivity contribution in [1.29, 1.82) is 0 Å². The Morgan fingerprint density at radius 2 is 0.580 bits per heavy atom. The molecule has 2 aliphatic carbocycles. The van der Waals surface area contributed by atoms with Gasteiger partial charge < -0.3 is 0 Å². The van der Waals surface area contributed by atoms with Crippen LogP contribution in [0.15, 0.2) is 146 Å². The lowest BCUT2D eigenvalue weighted by Crippen LogP contribution is -1.83. The van der Waals surface area contributed by atoms with E-state index in [1.165, 1.54) is 87.6 Å². The summed E-state index contributed by atoms with van der Waals surface area (Å²) in [6.07, 6.45) is 2.10. The van der Waals surface area contributed by atoms with Crippen LogP contribution < -0.4 is 0 Å². The summed E-state index contributed by atoms with van der Waals surface area (Å²) >= 11 is 0. The van der Waals surface area contributed by atoms with E-state index in [-0.39, 0.29) is 0 Å². The fourth-order valence-corrected chi connectivity index (χ4v) is 7.31. The van der Waals surface area contributed by atoms with Crippen molar-refractivity contribution in [3.8, 4) is 22.3 Å². The zero-order valence-electron chi connectivity index (χ0n) is 31.3. The molecular weight excluding hydrogens is 601 g/mol. The summed E-state index contributed by atoms with van der Waals surface area (Å²) in [5, 5.41) is 10.8. The number of benzene rings is 8. The van der Waals surface area contributed by atoms with Crippen molar-refractivity contribution in [2.45, 2.75) is 68.2 Å². The molecule has 0 radical (unpaired) electrons. The maximum Gasteiger partial charge on any atom is -0.000706 e. The van der Waals surface area contributed by atoms with Gasteiger partial charge in [-0.15, -0.1) is 0 Å². The highest BCUT2D eigenvalue weighted by atomic mass is 14.3. The van der Waals surface area contributed by atoms with Gasteiger partial charge in [0.2, 0.25) is 0 Å². The van der Waals surface area contributed by atoms with Crippen LogP contribution >= 0.6 is 0 Å². The summed E-state index contributed by atoms with van der Waals surface area (Å²) in [6, 6.07) is 53.2. The molecule has 0 atom stereocenters. The summed E-state index contributed by atoms with van der Waals surface area (Å²) in [6.45, 7) is 16.0. The van der Waals surface area contributed by atoms with Crippen LogP contribution in [-0.4, -0.2) is 0 Å². The van der Waals surface area contributed by atoms with E-state index >= 15 is 0 Å². The lowest BCUT2D eigenvalue weighted by molar-refractivity contribution is 1.29. The minimum atomic E-state index is 1.05. The zero-order valence-corrected chi connectivity index (χ0v) is 31.3. The summed E-state index contributed by atoms with van der Waals surface area (Å²) in [7, 11) is 0. The first-order chi connectivity index (χ1) is 24.8. The van der Waals surface area contributed by atoms with Crippen molar-refractivity contribution in [2.24, 2.45) is 0 Å². The predicted molar refractivity (Wildman–Crippen MR) is 225 cm³/mol. The third kappa shape index (κ3) is 6.81. The standard InChI is InChI=1S/2C21H14.4C2H6/c2*1-2-7-16-12-20-17(11-15(16)6-1)13-21-18-8-4-3-5-14(18)9-10-19(20)21;4*1-2/h2*1-12H,13H2;4*1-2H3. The van der Waals surface area contributed by atoms with Crippen LogP contribution in [0.5, 0.6) is 0 Å². The molecule has 0 heterocycles. The van der Waals surface area contributed by atoms with Gasteiger partial charge in [-0.25, -0.2) is 0 Å². The van der Waals surface area contributed by atoms with Crippen LogP contribution in [0, 0.1) is 0 Å². The maximum atomic E-state index is 2.36. The normalized spacial score (nSPS) is 11.0. The molecule has 0 fully saturated rings. The first-order valence-corrected chi connectivity index (χ1v) is 18.9. The lowest BCUT2D eigenvalue weighted by Gasteiger charge is -2.06. The Labute approximate surface area is 300 Å². The molecule has 0 nitrogen and oxygen atoms in total. The third-order valence-electron chi connectivity index (χ3n) is 9.34. The van der Waals surface area contributed by atoms with Crippen LogP contribution in [0.2, 0.25) is 0 Å². The second kappa shape index (κ2) is 17.0. The molecule has 0 aromatic heterocycles. The van der Waals surface area contributed by atoms with Crippen LogP contribution in [0.1, 0.15) is 77.6 Å². The van der Waals surface area contributed by atoms with Gasteiger partial charge in [-0.05, 0) is 113 Å². The molecule has 0 heteroatoms. The van der Waals surface area contributed by atoms with Crippen molar-refractivity contribution >= 4 is 43.1 Å². The van der Waals surface area contributed by atoms with E-state index in [2.05, 4.69) is 146 Å². The highest BCUT2D eigenvalue weighted by Crippen LogP contribution is 2.43. The molecular formula is C50H52. The number of rotatable bonds is 0. The van der Waals surface area contributed by atoms with Crippen molar-refractivity contribution in [3.05, 3.63) is 168 Å². The number of hydrogen-bond donors (Lipinski definition) is 0. The summed E-state index contributed by atoms with van der Waals surface area (Å²) in [4.78, 5) is 0. The molecule has 252 valence electrons. The second-order valence-electron chi connectivity index (χ2n) is 11.7. The highest BCUT2D eigenvalue weighted by Gasteiger charge is 2.22. The van der Waals surface area contributed by atoms with Crippen molar-refractivity contribution in [2.75, 3.05) is 0 Å². The summed E-state index contributed by atoms with van der Waals surface area (Å²) in [5.41, 5.74) is 11.5. The smallest absolute Gasteiger partial charge is 0.000706 e. The topological polar surface area (TPSA) is 0 Å². The van der Waals surface area contributed by atoms with Crippen molar-refractivity contribution in [3.63, 3.8) is 0 Å². The molecule has 0 N–H and O–H groups in total. The van der Waals surface area contributed by atoms with E-state index < -0.39 is 0 Å². The molecule has 0 spiro atoms. The predicted octanol–water partition coefficient (Wildman–Crippen LogP) is 15.2. The van der Waals surface area contributed by atoms with Crippen molar-refractivity contribution < 1.29 is 0 Å². The average Bonchev–Trinajstić information content (AvgIpc) is 3.77. The average molecular weight is 653 g/mol. The summed E-state index contributed by atoms with van der Waals surface area (Å²) < 4.78 is 0. The molecule has 0 saturated heterocycles. The monoisotopic (exact) mass is 652 g/mol. The summed E-state index contributed by atoms with van der Waals surface area (Å²) in [5.74, 6) is 0. The fraction of sp³-hybridized carbons (Fsp3) is 0.200. The number of hydrogen-bond acceptors (Lipinski definition) is 0. The molecule has 0 unspecified atom stereocenters. The molecule has 0 bridgehead atoms. The van der Waals surface area contributed by atoms with Crippen LogP contribution in [0.3, 0.4) is 0 Å². The third-order valence-corrected chi connectivity index (χ3v) is 9.34. The highest BCUT2D eigenvalue weighted by molar-refractivity contribution is 6.00. The molecule has 0 aliphatic heterocycles. The Balaban J connectivity index is 0.000000163. The van der Waals surface area contributed by atoms with Gasteiger partial charge in [0.05, 0.1) is 0 Å². The lowest BCUT2D eigenvalue weighted by atomic mass is 9.98. The van der Waals surface area contributed by atoms with Gasteiger partial charge in [0.15, 0.2) is 0 Å². The Hall–Kier alpha value is -5.20. The van der Waals surface area contributed by atoms with E-state index in [1.807, 2.05) is 55.4 Å². The minimum absolute atomic E-state index is 1.05. The van der Waals surface area contributed by atoms with Gasteiger partial charge in [0.1, 0.15) is 0 Å². The van der Waals surface area contributed by atoms with E-state index in [9.17, 15) is 0 Å². The maximum absolute atomic E-state index is 2.36. The SMILES string of the molecule is CC.CC.CC.CC.c1ccc2cc3c(cc2c1)Cc1c-3ccc2ccccc12.c1ccc2cc3c(cc2c1)Cc1c-3ccc2ccccc12. The molecule has 8 aromatic carbocycles. The number of fused-ring (bicyclic) bond motifs is 12. The van der Waals surface area contributed by atoms with Gasteiger partial charge in [-0.1, -0.05) is 189 Å². The van der Waals surface area contributed by atoms with Gasteiger partial charge in [0, 0.05) is 0 Å². The molecule has 8 aromatic rings. The molecule has 0 amide bonds. The van der Waals surface area contributed by atoms with Crippen LogP contribution in [0.4, 0.5) is 0 Å². The van der Waals surface area contributed by atoms with E-state index in [1.54, 1.807) is 0 Å². The first kappa shape index (κ1) is 36.1. The van der Waals surface area contributed by atoms with Gasteiger partial charge >= 0.3 is 0 Å². The second-order valence-corrected chi connectivity index (χ2v) is 11.7. The molecule has 50 heavy (non-hydrogen) atoms. The van der Waals surface area contributed by atoms with Crippen molar-refractivity contribution in [1.82, 2.24) is 0 Å². The van der Waals surface area contributed by atoms with Gasteiger partial charge in [-0.3, -0.25) is 0 Å². The zero-order chi connectivity index (χ0) is 35.6. The van der Waals surface area contributed by atoms with Crippen LogP contribution in [0.25, 0.3) is 65.3 Å². The van der Waals surface area contributed by atoms with E-state index in [0.717, 1.165) is 12.8 Å². The molecule has 2 aliphatic rings. The largest absolute Gasteiger partial charge is 0.0683 e.